The maximum atomic E-state index is 4.59. The van der Waals surface area contributed by atoms with Gasteiger partial charge in [0.05, 0.1) is 5.69 Å². The summed E-state index contributed by atoms with van der Waals surface area (Å²) in [5.74, 6) is 3.62. The number of anilines is 1. The van der Waals surface area contributed by atoms with Crippen LogP contribution in [-0.4, -0.2) is 28.5 Å². The summed E-state index contributed by atoms with van der Waals surface area (Å²) >= 11 is 0. The smallest absolute Gasteiger partial charge is 0.135 e. The van der Waals surface area contributed by atoms with Crippen LogP contribution in [-0.2, 0) is 0 Å². The number of aromatic nitrogens is 3. The normalized spacial score (nSPS) is 11.2. The predicted octanol–water partition coefficient (Wildman–Crippen LogP) is 16.0. The quantitative estimate of drug-likeness (QED) is 0.221. The van der Waals surface area contributed by atoms with E-state index in [0.717, 1.165) is 58.1 Å². The van der Waals surface area contributed by atoms with Crippen LogP contribution in [0, 0.1) is 32.6 Å². The van der Waals surface area contributed by atoms with Gasteiger partial charge in [-0.3, -0.25) is 4.98 Å². The van der Waals surface area contributed by atoms with Crippen LogP contribution < -0.4 is 4.90 Å². The largest absolute Gasteiger partial charge is 0.355 e. The highest BCUT2D eigenvalue weighted by molar-refractivity contribution is 5.62. The van der Waals surface area contributed by atoms with Gasteiger partial charge in [0.15, 0.2) is 0 Å². The number of hydrogen-bond acceptors (Lipinski definition) is 4. The number of likely N-dealkylation sites (N-methyl/N-ethyl adjacent to an activating group) is 1. The van der Waals surface area contributed by atoms with Crippen LogP contribution in [0.5, 0.6) is 0 Å². The highest BCUT2D eigenvalue weighted by Crippen LogP contribution is 2.22. The molecule has 1 fully saturated rings. The van der Waals surface area contributed by atoms with Crippen LogP contribution in [0.15, 0.2) is 67.9 Å². The molecule has 0 radical (unpaired) electrons. The van der Waals surface area contributed by atoms with E-state index in [1.54, 1.807) is 6.20 Å². The van der Waals surface area contributed by atoms with Gasteiger partial charge in [0.2, 0.25) is 0 Å². The van der Waals surface area contributed by atoms with Gasteiger partial charge in [-0.15, -0.1) is 13.2 Å². The van der Waals surface area contributed by atoms with Gasteiger partial charge in [-0.1, -0.05) is 180 Å². The molecule has 1 aliphatic rings. The Morgan fingerprint density at radius 1 is 0.824 bits per heavy atom. The van der Waals surface area contributed by atoms with Crippen LogP contribution in [0.1, 0.15) is 179 Å². The molecule has 0 spiro atoms. The first-order chi connectivity index (χ1) is 24.5. The highest BCUT2D eigenvalue weighted by Gasteiger charge is 2.11. The van der Waals surface area contributed by atoms with Gasteiger partial charge in [-0.2, -0.15) is 0 Å². The zero-order chi connectivity index (χ0) is 41.8. The first kappa shape index (κ1) is 63.1. The number of hydrogen-bond donors (Lipinski definition) is 0. The molecule has 0 N–H and O–H groups in total. The Balaban J connectivity index is -0.000000122. The molecule has 1 aliphatic carbocycles. The minimum atomic E-state index is 0.728. The average molecular weight is 713 g/mol. The topological polar surface area (TPSA) is 41.9 Å². The van der Waals surface area contributed by atoms with Gasteiger partial charge >= 0.3 is 0 Å². The fourth-order valence-corrected chi connectivity index (χ4v) is 3.88. The first-order valence-electron chi connectivity index (χ1n) is 20.4. The predicted molar refractivity (Wildman–Crippen MR) is 242 cm³/mol. The van der Waals surface area contributed by atoms with Crippen LogP contribution in [0.25, 0.3) is 5.57 Å². The van der Waals surface area contributed by atoms with Gasteiger partial charge in [0.25, 0.3) is 0 Å². The lowest BCUT2D eigenvalue weighted by atomic mass is 9.91. The zero-order valence-corrected chi connectivity index (χ0v) is 38.6. The van der Waals surface area contributed by atoms with Crippen LogP contribution in [0.3, 0.4) is 0 Å². The second-order valence-electron chi connectivity index (χ2n) is 11.4. The fourth-order valence-electron chi connectivity index (χ4n) is 3.88. The van der Waals surface area contributed by atoms with E-state index in [4.69, 9.17) is 0 Å². The van der Waals surface area contributed by atoms with E-state index in [2.05, 4.69) is 107 Å². The SMILES string of the molecule is C=C.C=C/C(=C\C=C(/C)c1ccccn1)CN(C)c1nc(C)nc(C)c1C.CC.CC.CC.CC.CC.CC(C)C.CC1CCCCC1.CCC. The van der Waals surface area contributed by atoms with Crippen molar-refractivity contribution in [3.8, 4) is 0 Å². The van der Waals surface area contributed by atoms with Crippen molar-refractivity contribution in [3.05, 3.63) is 90.7 Å². The fraction of sp³-hybridized carbons (Fsp3) is 0.638. The van der Waals surface area contributed by atoms with Crippen LogP contribution in [0.4, 0.5) is 5.82 Å². The van der Waals surface area contributed by atoms with E-state index < -0.39 is 0 Å². The maximum Gasteiger partial charge on any atom is 0.135 e. The summed E-state index contributed by atoms with van der Waals surface area (Å²) in [4.78, 5) is 15.5. The minimum absolute atomic E-state index is 0.728. The average Bonchev–Trinajstić information content (AvgIpc) is 3.17. The molecule has 2 aromatic heterocycles. The van der Waals surface area contributed by atoms with Crippen LogP contribution >= 0.6 is 0 Å². The zero-order valence-electron chi connectivity index (χ0n) is 38.6. The van der Waals surface area contributed by atoms with E-state index in [0.29, 0.717) is 0 Å². The van der Waals surface area contributed by atoms with Crippen molar-refractivity contribution in [1.82, 2.24) is 15.0 Å². The summed E-state index contributed by atoms with van der Waals surface area (Å²) in [6, 6.07) is 5.92. The third-order valence-electron chi connectivity index (χ3n) is 6.03. The van der Waals surface area contributed by atoms with Gasteiger partial charge in [0.1, 0.15) is 11.6 Å². The number of allylic oxidation sites excluding steroid dienone is 3. The lowest BCUT2D eigenvalue weighted by Crippen LogP contribution is -2.23. The minimum Gasteiger partial charge on any atom is -0.355 e. The van der Waals surface area contributed by atoms with Crippen molar-refractivity contribution in [1.29, 1.82) is 0 Å². The van der Waals surface area contributed by atoms with Gasteiger partial charge in [-0.25, -0.2) is 9.97 Å². The molecular weight excluding hydrogens is 621 g/mol. The summed E-state index contributed by atoms with van der Waals surface area (Å²) < 4.78 is 0. The summed E-state index contributed by atoms with van der Waals surface area (Å²) in [6.07, 6.45) is 16.5. The molecule has 4 heteroatoms. The summed E-state index contributed by atoms with van der Waals surface area (Å²) in [5, 5.41) is 0. The van der Waals surface area contributed by atoms with Crippen molar-refractivity contribution in [2.24, 2.45) is 11.8 Å². The molecule has 300 valence electrons. The molecule has 0 bridgehead atoms. The molecule has 2 heterocycles. The van der Waals surface area contributed by atoms with Gasteiger partial charge in [0, 0.05) is 31.0 Å². The van der Waals surface area contributed by atoms with E-state index in [-0.39, 0.29) is 0 Å². The standard InChI is InChI=1S/C21H26N4.C7H14.C4H10.C3H8.5C2H6.C2H4/c1-7-19(12-11-15(2)20-10-8-9-13-22-20)14-25(6)21-16(3)17(4)23-18(5)24-21;1-7-5-3-2-4-6-7;1-4(2)3;1-3-2;6*1-2/h7-13H,1,14H2,2-6H3;7H,2-6H2,1H3;4H,1-3H3;3H2,1-2H3;5*1-2H3;1-2H2/b15-11+,19-12+;;;;;;;;;. The molecule has 1 saturated carbocycles. The van der Waals surface area contributed by atoms with Gasteiger partial charge in [-0.05, 0) is 62.8 Å². The molecule has 4 nitrogen and oxygen atoms in total. The molecule has 0 aliphatic heterocycles. The molecule has 0 aromatic carbocycles. The van der Waals surface area contributed by atoms with Crippen molar-refractivity contribution in [3.63, 3.8) is 0 Å². The Bertz CT molecular complexity index is 998. The lowest BCUT2D eigenvalue weighted by Gasteiger charge is -2.21. The Labute approximate surface area is 323 Å². The number of rotatable bonds is 6. The van der Waals surface area contributed by atoms with E-state index >= 15 is 0 Å². The summed E-state index contributed by atoms with van der Waals surface area (Å²) in [7, 11) is 2.04. The summed E-state index contributed by atoms with van der Waals surface area (Å²) in [6.45, 7) is 51.8. The second kappa shape index (κ2) is 51.4. The monoisotopic (exact) mass is 713 g/mol. The van der Waals surface area contributed by atoms with Crippen molar-refractivity contribution < 1.29 is 0 Å². The Morgan fingerprint density at radius 3 is 1.63 bits per heavy atom. The third kappa shape index (κ3) is 41.3. The molecule has 3 rings (SSSR count). The molecule has 0 atom stereocenters. The van der Waals surface area contributed by atoms with Crippen LogP contribution in [0.2, 0.25) is 0 Å². The molecule has 2 aromatic rings. The molecule has 0 amide bonds. The molecular formula is C47H92N4. The Hall–Kier alpha value is -3.01. The van der Waals surface area contributed by atoms with Crippen molar-refractivity contribution in [2.45, 2.75) is 177 Å². The second-order valence-corrected chi connectivity index (χ2v) is 11.4. The van der Waals surface area contributed by atoms with E-state index in [1.165, 1.54) is 38.5 Å². The van der Waals surface area contributed by atoms with E-state index in [1.807, 2.05) is 114 Å². The van der Waals surface area contributed by atoms with Crippen molar-refractivity contribution >= 4 is 11.4 Å². The number of nitrogens with zero attached hydrogens (tertiary/aromatic N) is 4. The Morgan fingerprint density at radius 2 is 1.27 bits per heavy atom. The summed E-state index contributed by atoms with van der Waals surface area (Å²) in [5.41, 5.74) is 5.34. The first-order valence-corrected chi connectivity index (χ1v) is 20.4. The maximum absolute atomic E-state index is 4.59. The van der Waals surface area contributed by atoms with Crippen molar-refractivity contribution in [2.75, 3.05) is 18.5 Å². The molecule has 51 heavy (non-hydrogen) atoms. The van der Waals surface area contributed by atoms with E-state index in [9.17, 15) is 0 Å². The number of aryl methyl sites for hydroxylation is 2. The van der Waals surface area contributed by atoms with Gasteiger partial charge < -0.3 is 4.90 Å². The molecule has 0 saturated heterocycles. The lowest BCUT2D eigenvalue weighted by molar-refractivity contribution is 0.385. The molecule has 0 unspecified atom stereocenters. The highest BCUT2D eigenvalue weighted by atomic mass is 15.2. The Kier molecular flexibility index (Phi) is 63.5. The third-order valence-corrected chi connectivity index (χ3v) is 6.03. The number of pyridine rings is 1.